The van der Waals surface area contributed by atoms with E-state index < -0.39 is 0 Å². The maximum absolute atomic E-state index is 6.10. The van der Waals surface area contributed by atoms with Crippen LogP contribution in [0.15, 0.2) is 0 Å². The lowest BCUT2D eigenvalue weighted by atomic mass is 9.89. The molecule has 2 aromatic heterocycles. The van der Waals surface area contributed by atoms with Gasteiger partial charge in [-0.15, -0.1) is 11.3 Å². The third kappa shape index (κ3) is 2.23. The number of fused-ring (bicyclic) bond motifs is 4. The topological polar surface area (TPSA) is 58.3 Å². The Morgan fingerprint density at radius 3 is 2.62 bits per heavy atom. The monoisotopic (exact) mass is 343 g/mol. The van der Waals surface area contributed by atoms with Gasteiger partial charge in [0.15, 0.2) is 5.82 Å². The first kappa shape index (κ1) is 14.9. The Morgan fingerprint density at radius 2 is 1.88 bits per heavy atom. The van der Waals surface area contributed by atoms with Gasteiger partial charge in [-0.2, -0.15) is 4.98 Å². The lowest BCUT2D eigenvalue weighted by Crippen LogP contribution is -2.27. The molecule has 5 nitrogen and oxygen atoms in total. The summed E-state index contributed by atoms with van der Waals surface area (Å²) < 4.78 is 1.27. The summed E-state index contributed by atoms with van der Waals surface area (Å²) >= 11 is 1.92. The third-order valence-electron chi connectivity index (χ3n) is 6.10. The first-order chi connectivity index (χ1) is 11.6. The van der Waals surface area contributed by atoms with Crippen molar-refractivity contribution in [1.82, 2.24) is 14.9 Å². The van der Waals surface area contributed by atoms with Crippen LogP contribution in [-0.4, -0.2) is 48.1 Å². The van der Waals surface area contributed by atoms with E-state index in [0.717, 1.165) is 48.6 Å². The van der Waals surface area contributed by atoms with Gasteiger partial charge in [0, 0.05) is 31.1 Å². The van der Waals surface area contributed by atoms with Crippen molar-refractivity contribution in [1.29, 1.82) is 0 Å². The van der Waals surface area contributed by atoms with Crippen LogP contribution in [0.4, 0.5) is 11.8 Å². The predicted molar refractivity (Wildman–Crippen MR) is 99.7 cm³/mol. The summed E-state index contributed by atoms with van der Waals surface area (Å²) in [7, 11) is 2.23. The highest BCUT2D eigenvalue weighted by Gasteiger charge is 2.40. The normalized spacial score (nSPS) is 30.1. The van der Waals surface area contributed by atoms with Gasteiger partial charge in [-0.1, -0.05) is 6.92 Å². The molecular formula is C18H25N5S. The molecule has 24 heavy (non-hydrogen) atoms. The number of aromatic nitrogens is 2. The number of nitrogens with two attached hydrogens (primary N) is 1. The van der Waals surface area contributed by atoms with Gasteiger partial charge < -0.3 is 15.5 Å². The molecule has 2 N–H and O–H groups in total. The van der Waals surface area contributed by atoms with Crippen molar-refractivity contribution < 1.29 is 0 Å². The molecule has 0 saturated carbocycles. The summed E-state index contributed by atoms with van der Waals surface area (Å²) in [5, 5.41) is 0. The van der Waals surface area contributed by atoms with Gasteiger partial charge in [0.25, 0.3) is 0 Å². The van der Waals surface area contributed by atoms with Crippen molar-refractivity contribution in [2.45, 2.75) is 26.2 Å². The molecule has 5 rings (SSSR count). The number of thiophene rings is 1. The average Bonchev–Trinajstić information content (AvgIpc) is 3.17. The van der Waals surface area contributed by atoms with E-state index in [9.17, 15) is 0 Å². The highest BCUT2D eigenvalue weighted by molar-refractivity contribution is 7.19. The maximum atomic E-state index is 6.10. The zero-order chi connectivity index (χ0) is 16.4. The summed E-state index contributed by atoms with van der Waals surface area (Å²) in [6, 6.07) is 0. The van der Waals surface area contributed by atoms with Gasteiger partial charge in [0.2, 0.25) is 5.95 Å². The minimum Gasteiger partial charge on any atom is -0.368 e. The van der Waals surface area contributed by atoms with Crippen LogP contribution >= 0.6 is 11.3 Å². The van der Waals surface area contributed by atoms with E-state index in [-0.39, 0.29) is 0 Å². The Bertz CT molecular complexity index is 786. The van der Waals surface area contributed by atoms with Crippen LogP contribution in [0.2, 0.25) is 0 Å². The Labute approximate surface area is 146 Å². The van der Waals surface area contributed by atoms with Crippen molar-refractivity contribution in [3.05, 3.63) is 10.4 Å². The standard InChI is InChI=1S/C18H25N5S/c1-10-3-4-14-13(5-10)15-16(24-14)17(21-18(19)20-15)23-8-11-6-22(2)7-12(11)9-23/h10-12H,3-9H2,1-2H3,(H2,19,20,21). The molecule has 3 unspecified atom stereocenters. The number of nitrogen functional groups attached to an aromatic ring is 1. The fourth-order valence-corrected chi connectivity index (χ4v) is 6.23. The largest absolute Gasteiger partial charge is 0.368 e. The average molecular weight is 344 g/mol. The number of rotatable bonds is 1. The third-order valence-corrected chi connectivity index (χ3v) is 7.37. The Kier molecular flexibility index (Phi) is 3.29. The Hall–Kier alpha value is -1.40. The molecule has 2 fully saturated rings. The molecule has 128 valence electrons. The molecule has 3 aliphatic rings. The second-order valence-corrected chi connectivity index (χ2v) is 9.19. The van der Waals surface area contributed by atoms with E-state index in [1.807, 2.05) is 11.3 Å². The zero-order valence-corrected chi connectivity index (χ0v) is 15.3. The number of hydrogen-bond acceptors (Lipinski definition) is 6. The quantitative estimate of drug-likeness (QED) is 0.862. The zero-order valence-electron chi connectivity index (χ0n) is 14.5. The fraction of sp³-hybridized carbons (Fsp3) is 0.667. The van der Waals surface area contributed by atoms with Crippen molar-refractivity contribution in [3.63, 3.8) is 0 Å². The van der Waals surface area contributed by atoms with Crippen molar-refractivity contribution in [2.24, 2.45) is 17.8 Å². The van der Waals surface area contributed by atoms with Crippen molar-refractivity contribution >= 4 is 33.3 Å². The van der Waals surface area contributed by atoms with E-state index in [4.69, 9.17) is 5.73 Å². The highest BCUT2D eigenvalue weighted by atomic mass is 32.1. The van der Waals surface area contributed by atoms with Crippen molar-refractivity contribution in [3.8, 4) is 0 Å². The summed E-state index contributed by atoms with van der Waals surface area (Å²) in [5.41, 5.74) is 8.69. The van der Waals surface area contributed by atoms with Crippen LogP contribution in [0.25, 0.3) is 10.2 Å². The molecule has 0 aromatic carbocycles. The van der Waals surface area contributed by atoms with Gasteiger partial charge in [-0.05, 0) is 49.6 Å². The number of anilines is 2. The van der Waals surface area contributed by atoms with Crippen LogP contribution in [0.3, 0.4) is 0 Å². The number of likely N-dealkylation sites (tertiary alicyclic amines) is 1. The SMILES string of the molecule is CC1CCc2sc3c(N4CC5CN(C)CC5C4)nc(N)nc3c2C1. The van der Waals surface area contributed by atoms with Crippen LogP contribution in [0.1, 0.15) is 23.8 Å². The van der Waals surface area contributed by atoms with E-state index in [2.05, 4.69) is 33.7 Å². The molecule has 2 saturated heterocycles. The van der Waals surface area contributed by atoms with Gasteiger partial charge >= 0.3 is 0 Å². The van der Waals surface area contributed by atoms with E-state index >= 15 is 0 Å². The van der Waals surface area contributed by atoms with Gasteiger partial charge in [-0.25, -0.2) is 4.98 Å². The van der Waals surface area contributed by atoms with Crippen LogP contribution in [-0.2, 0) is 12.8 Å². The number of hydrogen-bond donors (Lipinski definition) is 1. The van der Waals surface area contributed by atoms with E-state index in [1.165, 1.54) is 41.1 Å². The molecule has 6 heteroatoms. The summed E-state index contributed by atoms with van der Waals surface area (Å²) in [6.07, 6.45) is 3.62. The minimum atomic E-state index is 0.436. The van der Waals surface area contributed by atoms with Gasteiger partial charge in [0.1, 0.15) is 0 Å². The first-order valence-electron chi connectivity index (χ1n) is 9.09. The van der Waals surface area contributed by atoms with Gasteiger partial charge in [0.05, 0.1) is 10.2 Å². The molecule has 4 heterocycles. The molecule has 2 aliphatic heterocycles. The number of aryl methyl sites for hydroxylation is 1. The minimum absolute atomic E-state index is 0.436. The second-order valence-electron chi connectivity index (χ2n) is 8.08. The first-order valence-corrected chi connectivity index (χ1v) is 9.91. The van der Waals surface area contributed by atoms with Crippen LogP contribution in [0.5, 0.6) is 0 Å². The highest BCUT2D eigenvalue weighted by Crippen LogP contribution is 2.43. The molecule has 0 spiro atoms. The van der Waals surface area contributed by atoms with E-state index in [0.29, 0.717) is 5.95 Å². The second kappa shape index (κ2) is 5.30. The predicted octanol–water partition coefficient (Wildman–Crippen LogP) is 2.40. The summed E-state index contributed by atoms with van der Waals surface area (Å²) in [4.78, 5) is 15.8. The lowest BCUT2D eigenvalue weighted by molar-refractivity contribution is 0.387. The molecule has 0 bridgehead atoms. The lowest BCUT2D eigenvalue weighted by Gasteiger charge is -2.21. The smallest absolute Gasteiger partial charge is 0.222 e. The Balaban J connectivity index is 1.57. The number of nitrogens with zero attached hydrogens (tertiary/aromatic N) is 4. The molecule has 3 atom stereocenters. The summed E-state index contributed by atoms with van der Waals surface area (Å²) in [5.74, 6) is 3.83. The molecular weight excluding hydrogens is 318 g/mol. The molecule has 2 aromatic rings. The summed E-state index contributed by atoms with van der Waals surface area (Å²) in [6.45, 7) is 6.99. The molecule has 0 radical (unpaired) electrons. The van der Waals surface area contributed by atoms with Crippen LogP contribution in [0, 0.1) is 17.8 Å². The Morgan fingerprint density at radius 1 is 1.12 bits per heavy atom. The van der Waals surface area contributed by atoms with Gasteiger partial charge in [-0.3, -0.25) is 0 Å². The van der Waals surface area contributed by atoms with Crippen LogP contribution < -0.4 is 10.6 Å². The molecule has 0 amide bonds. The fourth-order valence-electron chi connectivity index (χ4n) is 4.93. The van der Waals surface area contributed by atoms with E-state index in [1.54, 1.807) is 0 Å². The maximum Gasteiger partial charge on any atom is 0.222 e. The molecule has 1 aliphatic carbocycles. The van der Waals surface area contributed by atoms with Crippen molar-refractivity contribution in [2.75, 3.05) is 43.9 Å².